The number of carbonyl (C=O) groups is 1. The van der Waals surface area contributed by atoms with Crippen LogP contribution < -0.4 is 4.74 Å². The molecular weight excluding hydrogens is 338 g/mol. The summed E-state index contributed by atoms with van der Waals surface area (Å²) in [6.45, 7) is 3.39. The van der Waals surface area contributed by atoms with E-state index < -0.39 is 0 Å². The molecule has 0 saturated carbocycles. The van der Waals surface area contributed by atoms with Crippen LogP contribution in [0.25, 0.3) is 6.08 Å². The molecular formula is C19H21NO2S2. The molecule has 126 valence electrons. The number of hydrogen-bond donors (Lipinski definition) is 0. The Hall–Kier alpha value is -1.59. The van der Waals surface area contributed by atoms with Gasteiger partial charge in [-0.1, -0.05) is 68.4 Å². The average molecular weight is 360 g/mol. The highest BCUT2D eigenvalue weighted by Gasteiger charge is 2.31. The topological polar surface area (TPSA) is 29.5 Å². The zero-order valence-corrected chi connectivity index (χ0v) is 15.4. The van der Waals surface area contributed by atoms with Crippen molar-refractivity contribution in [1.29, 1.82) is 0 Å². The lowest BCUT2D eigenvalue weighted by molar-refractivity contribution is -0.122. The van der Waals surface area contributed by atoms with Crippen molar-refractivity contribution < 1.29 is 9.53 Å². The Bertz CT molecular complexity index is 709. The molecule has 0 bridgehead atoms. The van der Waals surface area contributed by atoms with Crippen LogP contribution in [0.4, 0.5) is 0 Å². The fourth-order valence-corrected chi connectivity index (χ4v) is 4.10. The van der Waals surface area contributed by atoms with Gasteiger partial charge in [0.1, 0.15) is 16.7 Å². The lowest BCUT2D eigenvalue weighted by Crippen LogP contribution is -2.29. The van der Waals surface area contributed by atoms with Gasteiger partial charge in [0.15, 0.2) is 0 Å². The Morgan fingerprint density at radius 2 is 2.12 bits per heavy atom. The molecule has 0 atom stereocenters. The number of hydrogen-bond acceptors (Lipinski definition) is 4. The number of unbranched alkanes of at least 4 members (excludes halogenated alkanes) is 3. The van der Waals surface area contributed by atoms with Gasteiger partial charge in [-0.3, -0.25) is 9.69 Å². The summed E-state index contributed by atoms with van der Waals surface area (Å²) in [5.74, 6) is 0.916. The fraction of sp³-hybridized carbons (Fsp3) is 0.368. The van der Waals surface area contributed by atoms with Crippen molar-refractivity contribution in [1.82, 2.24) is 4.90 Å². The smallest absolute Gasteiger partial charge is 0.266 e. The maximum Gasteiger partial charge on any atom is 0.266 e. The molecule has 3 nitrogen and oxygen atoms in total. The number of fused-ring (bicyclic) bond motifs is 1. The Morgan fingerprint density at radius 3 is 2.96 bits per heavy atom. The van der Waals surface area contributed by atoms with Gasteiger partial charge in [-0.05, 0) is 30.2 Å². The summed E-state index contributed by atoms with van der Waals surface area (Å²) in [5.41, 5.74) is 2.05. The third-order valence-corrected chi connectivity index (χ3v) is 5.46. The molecule has 1 aromatic carbocycles. The minimum Gasteiger partial charge on any atom is -0.488 e. The van der Waals surface area contributed by atoms with E-state index in [4.69, 9.17) is 17.0 Å². The largest absolute Gasteiger partial charge is 0.488 e. The molecule has 0 spiro atoms. The van der Waals surface area contributed by atoms with Gasteiger partial charge in [0, 0.05) is 12.1 Å². The predicted molar refractivity (Wildman–Crippen MR) is 104 cm³/mol. The highest BCUT2D eigenvalue weighted by atomic mass is 32.2. The highest BCUT2D eigenvalue weighted by Crippen LogP contribution is 2.34. The van der Waals surface area contributed by atoms with Gasteiger partial charge in [0.25, 0.3) is 5.91 Å². The minimum atomic E-state index is 0.0289. The van der Waals surface area contributed by atoms with E-state index in [1.807, 2.05) is 30.3 Å². The lowest BCUT2D eigenvalue weighted by atomic mass is 10.1. The SMILES string of the molecule is CCCCCCN1C(=O)C(=CC2=Cc3ccccc3OC2)SC1=S. The highest BCUT2D eigenvalue weighted by molar-refractivity contribution is 8.26. The van der Waals surface area contributed by atoms with E-state index in [9.17, 15) is 4.79 Å². The van der Waals surface area contributed by atoms with Crippen LogP contribution in [0, 0.1) is 0 Å². The van der Waals surface area contributed by atoms with Crippen LogP contribution in [0.2, 0.25) is 0 Å². The molecule has 1 aromatic rings. The zero-order valence-electron chi connectivity index (χ0n) is 13.8. The molecule has 0 N–H and O–H groups in total. The fourth-order valence-electron chi connectivity index (χ4n) is 2.77. The van der Waals surface area contributed by atoms with Gasteiger partial charge >= 0.3 is 0 Å². The molecule has 2 aliphatic heterocycles. The lowest BCUT2D eigenvalue weighted by Gasteiger charge is -2.16. The van der Waals surface area contributed by atoms with E-state index in [2.05, 4.69) is 13.0 Å². The van der Waals surface area contributed by atoms with Crippen LogP contribution >= 0.6 is 24.0 Å². The minimum absolute atomic E-state index is 0.0289. The summed E-state index contributed by atoms with van der Waals surface area (Å²) in [4.78, 5) is 15.0. The number of amides is 1. The van der Waals surface area contributed by atoms with Crippen molar-refractivity contribution in [3.05, 3.63) is 46.4 Å². The maximum atomic E-state index is 12.6. The number of para-hydroxylation sites is 1. The van der Waals surface area contributed by atoms with Gasteiger partial charge < -0.3 is 4.74 Å². The number of nitrogens with zero attached hydrogens (tertiary/aromatic N) is 1. The van der Waals surface area contributed by atoms with Crippen LogP contribution in [0.3, 0.4) is 0 Å². The van der Waals surface area contributed by atoms with E-state index in [0.717, 1.165) is 36.3 Å². The molecule has 1 saturated heterocycles. The standard InChI is InChI=1S/C19H21NO2S2/c1-2-3-4-7-10-20-18(21)17(24-19(20)23)12-14-11-15-8-5-6-9-16(15)22-13-14/h5-6,8-9,11-12H,2-4,7,10,13H2,1H3. The molecule has 2 aliphatic rings. The summed E-state index contributed by atoms with van der Waals surface area (Å²) in [6.07, 6.45) is 8.53. The van der Waals surface area contributed by atoms with E-state index in [1.165, 1.54) is 24.6 Å². The molecule has 2 heterocycles. The molecule has 0 radical (unpaired) electrons. The van der Waals surface area contributed by atoms with Gasteiger partial charge in [-0.15, -0.1) is 0 Å². The first-order valence-corrected chi connectivity index (χ1v) is 9.59. The van der Waals surface area contributed by atoms with Crippen molar-refractivity contribution in [3.63, 3.8) is 0 Å². The normalized spacial score (nSPS) is 18.6. The van der Waals surface area contributed by atoms with Crippen LogP contribution in [0.5, 0.6) is 5.75 Å². The number of thiocarbonyl (C=S) groups is 1. The maximum absolute atomic E-state index is 12.6. The first-order chi connectivity index (χ1) is 11.7. The van der Waals surface area contributed by atoms with Gasteiger partial charge in [-0.25, -0.2) is 0 Å². The molecule has 5 heteroatoms. The quantitative estimate of drug-likeness (QED) is 0.415. The number of benzene rings is 1. The second-order valence-corrected chi connectivity index (χ2v) is 7.62. The van der Waals surface area contributed by atoms with E-state index in [0.29, 0.717) is 15.8 Å². The molecule has 0 unspecified atom stereocenters. The van der Waals surface area contributed by atoms with E-state index >= 15 is 0 Å². The van der Waals surface area contributed by atoms with Crippen LogP contribution in [0.1, 0.15) is 38.2 Å². The molecule has 0 aliphatic carbocycles. The molecule has 24 heavy (non-hydrogen) atoms. The first kappa shape index (κ1) is 17.2. The number of ether oxygens (including phenoxy) is 1. The van der Waals surface area contributed by atoms with Crippen LogP contribution in [-0.4, -0.2) is 28.3 Å². The third-order valence-electron chi connectivity index (χ3n) is 4.08. The Labute approximate surface area is 152 Å². The summed E-state index contributed by atoms with van der Waals surface area (Å²) in [7, 11) is 0. The molecule has 3 rings (SSSR count). The van der Waals surface area contributed by atoms with Gasteiger partial charge in [-0.2, -0.15) is 0 Å². The second kappa shape index (κ2) is 7.99. The van der Waals surface area contributed by atoms with Crippen LogP contribution in [0.15, 0.2) is 40.8 Å². The third kappa shape index (κ3) is 3.90. The molecule has 1 amide bonds. The number of thioether (sulfide) groups is 1. The van der Waals surface area contributed by atoms with Crippen molar-refractivity contribution in [2.45, 2.75) is 32.6 Å². The monoisotopic (exact) mass is 359 g/mol. The van der Waals surface area contributed by atoms with E-state index in [-0.39, 0.29) is 5.91 Å². The summed E-state index contributed by atoms with van der Waals surface area (Å²) in [5, 5.41) is 0. The van der Waals surface area contributed by atoms with Crippen LogP contribution in [-0.2, 0) is 4.79 Å². The Morgan fingerprint density at radius 1 is 1.29 bits per heavy atom. The molecule has 0 aromatic heterocycles. The number of rotatable bonds is 6. The second-order valence-electron chi connectivity index (χ2n) is 5.94. The van der Waals surface area contributed by atoms with Gasteiger partial charge in [0.05, 0.1) is 4.91 Å². The van der Waals surface area contributed by atoms with Crippen molar-refractivity contribution in [2.75, 3.05) is 13.2 Å². The predicted octanol–water partition coefficient (Wildman–Crippen LogP) is 4.79. The number of carbonyl (C=O) groups excluding carboxylic acids is 1. The van der Waals surface area contributed by atoms with Gasteiger partial charge in [0.2, 0.25) is 0 Å². The zero-order chi connectivity index (χ0) is 16.9. The van der Waals surface area contributed by atoms with Crippen molar-refractivity contribution in [2.24, 2.45) is 0 Å². The molecule has 1 fully saturated rings. The Kier molecular flexibility index (Phi) is 5.74. The first-order valence-electron chi connectivity index (χ1n) is 8.37. The summed E-state index contributed by atoms with van der Waals surface area (Å²) in [6, 6.07) is 7.92. The van der Waals surface area contributed by atoms with Crippen molar-refractivity contribution in [3.8, 4) is 5.75 Å². The average Bonchev–Trinajstić information content (AvgIpc) is 2.85. The van der Waals surface area contributed by atoms with Crippen molar-refractivity contribution >= 4 is 40.3 Å². The van der Waals surface area contributed by atoms with E-state index in [1.54, 1.807) is 4.90 Å². The summed E-state index contributed by atoms with van der Waals surface area (Å²) < 4.78 is 6.41. The summed E-state index contributed by atoms with van der Waals surface area (Å²) >= 11 is 6.77. The Balaban J connectivity index is 1.69.